The van der Waals surface area contributed by atoms with Crippen LogP contribution in [0.25, 0.3) is 0 Å². The van der Waals surface area contributed by atoms with Crippen LogP contribution >= 0.6 is 23.2 Å². The van der Waals surface area contributed by atoms with Gasteiger partial charge in [-0.25, -0.2) is 4.79 Å². The summed E-state index contributed by atoms with van der Waals surface area (Å²) in [5.74, 6) is -0.747. The van der Waals surface area contributed by atoms with Gasteiger partial charge in [0, 0.05) is 47.5 Å². The van der Waals surface area contributed by atoms with Gasteiger partial charge in [-0.05, 0) is 67.1 Å². The maximum atomic E-state index is 12.9. The van der Waals surface area contributed by atoms with E-state index in [1.807, 2.05) is 24.3 Å². The molecule has 34 heavy (non-hydrogen) atoms. The van der Waals surface area contributed by atoms with Crippen LogP contribution in [0.4, 0.5) is 17.1 Å². The molecule has 0 radical (unpaired) electrons. The van der Waals surface area contributed by atoms with E-state index in [1.54, 1.807) is 36.4 Å². The van der Waals surface area contributed by atoms with E-state index in [1.165, 1.54) is 12.7 Å². The average molecular weight is 498 g/mol. The Morgan fingerprint density at radius 1 is 0.794 bits per heavy atom. The second kappa shape index (κ2) is 10.4. The van der Waals surface area contributed by atoms with E-state index in [-0.39, 0.29) is 5.91 Å². The van der Waals surface area contributed by atoms with Gasteiger partial charge in [-0.1, -0.05) is 29.3 Å². The first-order valence-electron chi connectivity index (χ1n) is 10.9. The molecule has 0 aromatic heterocycles. The second-order valence-corrected chi connectivity index (χ2v) is 8.96. The summed E-state index contributed by atoms with van der Waals surface area (Å²) >= 11 is 12.2. The minimum absolute atomic E-state index is 0.284. The van der Waals surface area contributed by atoms with Crippen LogP contribution in [-0.2, 0) is 4.74 Å². The predicted octanol–water partition coefficient (Wildman–Crippen LogP) is 5.67. The number of amides is 1. The third-order valence-electron chi connectivity index (χ3n) is 5.90. The van der Waals surface area contributed by atoms with Crippen molar-refractivity contribution in [2.45, 2.75) is 6.92 Å². The van der Waals surface area contributed by atoms with Crippen LogP contribution in [0.3, 0.4) is 0 Å². The molecule has 1 amide bonds. The SMILES string of the molecule is COC(=O)c1ccc(N2CCN(c3cc(Cl)ccc3C)CC2)c(NC(=O)c2ccc(Cl)cc2)c1. The van der Waals surface area contributed by atoms with Gasteiger partial charge in [0.25, 0.3) is 5.91 Å². The third-order valence-corrected chi connectivity index (χ3v) is 6.39. The number of piperazine rings is 1. The third kappa shape index (κ3) is 5.29. The molecule has 176 valence electrons. The summed E-state index contributed by atoms with van der Waals surface area (Å²) in [6.45, 7) is 5.16. The predicted molar refractivity (Wildman–Crippen MR) is 138 cm³/mol. The molecule has 0 aliphatic carbocycles. The smallest absolute Gasteiger partial charge is 0.337 e. The number of esters is 1. The molecule has 3 aromatic rings. The largest absolute Gasteiger partial charge is 0.465 e. The summed E-state index contributed by atoms with van der Waals surface area (Å²) in [5.41, 5.74) is 4.54. The van der Waals surface area contributed by atoms with E-state index in [0.29, 0.717) is 26.9 Å². The Balaban J connectivity index is 1.57. The van der Waals surface area contributed by atoms with Gasteiger partial charge >= 0.3 is 5.97 Å². The Morgan fingerprint density at radius 3 is 2.03 bits per heavy atom. The highest BCUT2D eigenvalue weighted by Crippen LogP contribution is 2.31. The molecule has 0 saturated carbocycles. The van der Waals surface area contributed by atoms with Crippen molar-refractivity contribution in [1.29, 1.82) is 0 Å². The van der Waals surface area contributed by atoms with Crippen molar-refractivity contribution in [2.24, 2.45) is 0 Å². The number of nitrogens with zero attached hydrogens (tertiary/aromatic N) is 2. The molecule has 4 rings (SSSR count). The van der Waals surface area contributed by atoms with Crippen molar-refractivity contribution in [1.82, 2.24) is 0 Å². The minimum Gasteiger partial charge on any atom is -0.465 e. The first kappa shape index (κ1) is 23.9. The van der Waals surface area contributed by atoms with Crippen molar-refractivity contribution < 1.29 is 14.3 Å². The summed E-state index contributed by atoms with van der Waals surface area (Å²) in [6, 6.07) is 17.8. The number of carbonyl (C=O) groups is 2. The normalized spacial score (nSPS) is 13.5. The summed E-state index contributed by atoms with van der Waals surface area (Å²) in [7, 11) is 1.33. The molecular formula is C26H25Cl2N3O3. The molecule has 0 unspecified atom stereocenters. The Bertz CT molecular complexity index is 1210. The Kier molecular flexibility index (Phi) is 7.29. The fourth-order valence-corrected chi connectivity index (χ4v) is 4.36. The van der Waals surface area contributed by atoms with E-state index in [0.717, 1.165) is 37.6 Å². The number of carbonyl (C=O) groups excluding carboxylic acids is 2. The molecule has 0 atom stereocenters. The van der Waals surface area contributed by atoms with E-state index >= 15 is 0 Å². The van der Waals surface area contributed by atoms with E-state index in [2.05, 4.69) is 22.0 Å². The lowest BCUT2D eigenvalue weighted by molar-refractivity contribution is 0.0600. The molecule has 1 heterocycles. The van der Waals surface area contributed by atoms with Crippen LogP contribution in [-0.4, -0.2) is 45.2 Å². The molecule has 3 aromatic carbocycles. The van der Waals surface area contributed by atoms with Gasteiger partial charge in [0.05, 0.1) is 24.0 Å². The Labute approximate surface area is 209 Å². The number of rotatable bonds is 5. The number of hydrogen-bond acceptors (Lipinski definition) is 5. The molecule has 8 heteroatoms. The summed E-state index contributed by atoms with van der Waals surface area (Å²) in [4.78, 5) is 29.5. The number of methoxy groups -OCH3 is 1. The highest BCUT2D eigenvalue weighted by Gasteiger charge is 2.23. The number of anilines is 3. The zero-order chi connectivity index (χ0) is 24.2. The number of benzene rings is 3. The van der Waals surface area contributed by atoms with Gasteiger partial charge in [-0.3, -0.25) is 4.79 Å². The monoisotopic (exact) mass is 497 g/mol. The molecule has 1 aliphatic heterocycles. The minimum atomic E-state index is -0.463. The van der Waals surface area contributed by atoms with Crippen molar-refractivity contribution in [3.8, 4) is 0 Å². The Hall–Kier alpha value is -3.22. The van der Waals surface area contributed by atoms with Crippen molar-refractivity contribution in [2.75, 3.05) is 48.4 Å². The van der Waals surface area contributed by atoms with Crippen molar-refractivity contribution in [3.05, 3.63) is 87.4 Å². The maximum absolute atomic E-state index is 12.9. The van der Waals surface area contributed by atoms with Gasteiger partial charge < -0.3 is 19.9 Å². The fourth-order valence-electron chi connectivity index (χ4n) is 4.06. The zero-order valence-electron chi connectivity index (χ0n) is 19.0. The lowest BCUT2D eigenvalue weighted by atomic mass is 10.1. The van der Waals surface area contributed by atoms with Crippen LogP contribution in [0.5, 0.6) is 0 Å². The van der Waals surface area contributed by atoms with Gasteiger partial charge in [0.1, 0.15) is 0 Å². The number of aryl methyl sites for hydroxylation is 1. The van der Waals surface area contributed by atoms with E-state index in [9.17, 15) is 9.59 Å². The highest BCUT2D eigenvalue weighted by atomic mass is 35.5. The van der Waals surface area contributed by atoms with Crippen LogP contribution < -0.4 is 15.1 Å². The lowest BCUT2D eigenvalue weighted by Gasteiger charge is -2.38. The van der Waals surface area contributed by atoms with Crippen molar-refractivity contribution >= 4 is 52.1 Å². The molecular weight excluding hydrogens is 473 g/mol. The first-order valence-corrected chi connectivity index (χ1v) is 11.7. The van der Waals surface area contributed by atoms with Gasteiger partial charge in [0.2, 0.25) is 0 Å². The van der Waals surface area contributed by atoms with Crippen LogP contribution in [0.15, 0.2) is 60.7 Å². The molecule has 1 N–H and O–H groups in total. The van der Waals surface area contributed by atoms with E-state index < -0.39 is 5.97 Å². The van der Waals surface area contributed by atoms with Gasteiger partial charge in [-0.2, -0.15) is 0 Å². The lowest BCUT2D eigenvalue weighted by Crippen LogP contribution is -2.47. The second-order valence-electron chi connectivity index (χ2n) is 8.09. The molecule has 0 bridgehead atoms. The van der Waals surface area contributed by atoms with Crippen LogP contribution in [0.1, 0.15) is 26.3 Å². The van der Waals surface area contributed by atoms with Crippen LogP contribution in [0, 0.1) is 6.92 Å². The summed E-state index contributed by atoms with van der Waals surface area (Å²) in [5, 5.41) is 4.23. The average Bonchev–Trinajstić information content (AvgIpc) is 2.85. The number of hydrogen-bond donors (Lipinski definition) is 1. The molecule has 0 spiro atoms. The number of ether oxygens (including phenoxy) is 1. The fraction of sp³-hybridized carbons (Fsp3) is 0.231. The maximum Gasteiger partial charge on any atom is 0.337 e. The van der Waals surface area contributed by atoms with Gasteiger partial charge in [0.15, 0.2) is 0 Å². The van der Waals surface area contributed by atoms with Gasteiger partial charge in [-0.15, -0.1) is 0 Å². The van der Waals surface area contributed by atoms with E-state index in [4.69, 9.17) is 27.9 Å². The highest BCUT2D eigenvalue weighted by molar-refractivity contribution is 6.31. The topological polar surface area (TPSA) is 61.9 Å². The summed E-state index contributed by atoms with van der Waals surface area (Å²) in [6.07, 6.45) is 0. The number of nitrogens with one attached hydrogen (secondary N) is 1. The quantitative estimate of drug-likeness (QED) is 0.460. The first-order chi connectivity index (χ1) is 16.4. The number of halogens is 2. The summed E-state index contributed by atoms with van der Waals surface area (Å²) < 4.78 is 4.87. The van der Waals surface area contributed by atoms with Crippen LogP contribution in [0.2, 0.25) is 10.0 Å². The zero-order valence-corrected chi connectivity index (χ0v) is 20.5. The standard InChI is InChI=1S/C26H25Cl2N3O3/c1-17-3-7-21(28)16-24(17)31-13-11-30(12-14-31)23-10-6-19(26(33)34-2)15-22(23)29-25(32)18-4-8-20(27)9-5-18/h3-10,15-16H,11-14H2,1-2H3,(H,29,32). The van der Waals surface area contributed by atoms with Crippen molar-refractivity contribution in [3.63, 3.8) is 0 Å². The molecule has 1 fully saturated rings. The Morgan fingerprint density at radius 2 is 1.38 bits per heavy atom. The molecule has 1 saturated heterocycles. The molecule has 1 aliphatic rings. The molecule has 6 nitrogen and oxygen atoms in total.